The van der Waals surface area contributed by atoms with E-state index in [-0.39, 0.29) is 0 Å². The van der Waals surface area contributed by atoms with Gasteiger partial charge in [0.05, 0.1) is 11.0 Å². The molecule has 12 aromatic rings. The lowest BCUT2D eigenvalue weighted by molar-refractivity contribution is 1.07. The Labute approximate surface area is 362 Å². The minimum absolute atomic E-state index is 0.603. The lowest BCUT2D eigenvalue weighted by atomic mass is 10.0. The molecule has 4 nitrogen and oxygen atoms in total. The molecule has 0 fully saturated rings. The number of benzene rings is 9. The quantitative estimate of drug-likeness (QED) is 0.161. The molecule has 9 aromatic carbocycles. The average molecular weight is 809 g/mol. The molecule has 0 aliphatic rings. The molecule has 3 heterocycles. The summed E-state index contributed by atoms with van der Waals surface area (Å²) >= 11 is 1.86. The number of aromatic nitrogens is 4. The molecule has 0 atom stereocenters. The van der Waals surface area contributed by atoms with Gasteiger partial charge in [-0.15, -0.1) is 11.3 Å². The van der Waals surface area contributed by atoms with Crippen LogP contribution < -0.4 is 0 Å². The van der Waals surface area contributed by atoms with E-state index in [1.54, 1.807) is 0 Å². The van der Waals surface area contributed by atoms with Gasteiger partial charge in [0.25, 0.3) is 0 Å². The van der Waals surface area contributed by atoms with Crippen LogP contribution in [0.5, 0.6) is 0 Å². The average Bonchev–Trinajstić information content (AvgIpc) is 3.90. The molecule has 0 spiro atoms. The van der Waals surface area contributed by atoms with Crippen molar-refractivity contribution in [1.29, 1.82) is 0 Å². The Morgan fingerprint density at radius 1 is 0.290 bits per heavy atom. The maximum absolute atomic E-state index is 5.33. The smallest absolute Gasteiger partial charge is 0.164 e. The zero-order chi connectivity index (χ0) is 41.0. The normalized spacial score (nSPS) is 11.5. The van der Waals surface area contributed by atoms with Crippen molar-refractivity contribution in [3.63, 3.8) is 0 Å². The molecule has 0 radical (unpaired) electrons. The summed E-state index contributed by atoms with van der Waals surface area (Å²) in [7, 11) is 0. The Bertz CT molecular complexity index is 3530. The Morgan fingerprint density at radius 2 is 0.758 bits per heavy atom. The molecule has 5 heteroatoms. The van der Waals surface area contributed by atoms with E-state index in [4.69, 9.17) is 15.0 Å². The van der Waals surface area contributed by atoms with E-state index in [2.05, 4.69) is 211 Å². The summed E-state index contributed by atoms with van der Waals surface area (Å²) in [5, 5.41) is 5.09. The van der Waals surface area contributed by atoms with Gasteiger partial charge in [0.15, 0.2) is 17.5 Å². The molecular formula is C57H36N4S. The summed E-state index contributed by atoms with van der Waals surface area (Å²) in [6.45, 7) is 0. The molecule has 0 unspecified atom stereocenters. The number of nitrogens with zero attached hydrogens (tertiary/aromatic N) is 4. The van der Waals surface area contributed by atoms with E-state index in [0.717, 1.165) is 66.8 Å². The zero-order valence-electron chi connectivity index (χ0n) is 33.5. The number of hydrogen-bond donors (Lipinski definition) is 0. The molecule has 0 saturated heterocycles. The third-order valence-electron chi connectivity index (χ3n) is 11.8. The van der Waals surface area contributed by atoms with E-state index in [1.807, 2.05) is 23.5 Å². The fourth-order valence-corrected chi connectivity index (χ4v) is 10.0. The van der Waals surface area contributed by atoms with E-state index >= 15 is 0 Å². The molecule has 0 N–H and O–H groups in total. The summed E-state index contributed by atoms with van der Waals surface area (Å²) in [6.07, 6.45) is 0. The Morgan fingerprint density at radius 3 is 1.39 bits per heavy atom. The predicted octanol–water partition coefficient (Wildman–Crippen LogP) is 15.3. The van der Waals surface area contributed by atoms with Gasteiger partial charge in [0.2, 0.25) is 0 Å². The molecular weight excluding hydrogens is 773 g/mol. The van der Waals surface area contributed by atoms with Gasteiger partial charge in [-0.25, -0.2) is 15.0 Å². The highest BCUT2D eigenvalue weighted by Gasteiger charge is 2.20. The van der Waals surface area contributed by atoms with Crippen LogP contribution in [0.15, 0.2) is 218 Å². The summed E-state index contributed by atoms with van der Waals surface area (Å²) in [4.78, 5) is 15.9. The van der Waals surface area contributed by atoms with Crippen LogP contribution in [0, 0.1) is 0 Å². The molecule has 0 aliphatic carbocycles. The molecule has 0 bridgehead atoms. The van der Waals surface area contributed by atoms with Gasteiger partial charge in [-0.1, -0.05) is 164 Å². The second-order valence-electron chi connectivity index (χ2n) is 15.6. The van der Waals surface area contributed by atoms with E-state index in [9.17, 15) is 0 Å². The van der Waals surface area contributed by atoms with Crippen molar-refractivity contribution in [3.05, 3.63) is 218 Å². The second kappa shape index (κ2) is 14.9. The van der Waals surface area contributed by atoms with Crippen molar-refractivity contribution in [2.24, 2.45) is 0 Å². The van der Waals surface area contributed by atoms with Gasteiger partial charge in [-0.3, -0.25) is 0 Å². The first-order chi connectivity index (χ1) is 30.7. The monoisotopic (exact) mass is 808 g/mol. The SMILES string of the molecule is c1ccc(-c2cccc(-c3nc(-c4cccc(-c5ccccc5)c4)nc(-c4cc(-c5ccccc5)cc(-n5c6ccccc6c6c7c(ccc65)sc5ccccc57)c4)n3)c2)cc1. The molecule has 62 heavy (non-hydrogen) atoms. The minimum Gasteiger partial charge on any atom is -0.309 e. The topological polar surface area (TPSA) is 43.6 Å². The van der Waals surface area contributed by atoms with Gasteiger partial charge >= 0.3 is 0 Å². The first kappa shape index (κ1) is 35.9. The molecule has 290 valence electrons. The van der Waals surface area contributed by atoms with Crippen molar-refractivity contribution in [3.8, 4) is 73.2 Å². The van der Waals surface area contributed by atoms with Crippen LogP contribution in [0.3, 0.4) is 0 Å². The van der Waals surface area contributed by atoms with Gasteiger partial charge in [-0.2, -0.15) is 0 Å². The van der Waals surface area contributed by atoms with Crippen LogP contribution in [0.1, 0.15) is 0 Å². The Hall–Kier alpha value is -7.99. The largest absolute Gasteiger partial charge is 0.309 e. The first-order valence-corrected chi connectivity index (χ1v) is 21.7. The van der Waals surface area contributed by atoms with Crippen LogP contribution in [0.25, 0.3) is 115 Å². The number of fused-ring (bicyclic) bond motifs is 7. The van der Waals surface area contributed by atoms with E-state index < -0.39 is 0 Å². The zero-order valence-corrected chi connectivity index (χ0v) is 34.3. The van der Waals surface area contributed by atoms with E-state index in [1.165, 1.54) is 30.9 Å². The van der Waals surface area contributed by atoms with Crippen LogP contribution in [0.2, 0.25) is 0 Å². The van der Waals surface area contributed by atoms with Crippen LogP contribution in [-0.2, 0) is 0 Å². The highest BCUT2D eigenvalue weighted by Crippen LogP contribution is 2.44. The first-order valence-electron chi connectivity index (χ1n) is 20.8. The third kappa shape index (κ3) is 6.26. The van der Waals surface area contributed by atoms with Gasteiger partial charge in [0, 0.05) is 53.3 Å². The maximum Gasteiger partial charge on any atom is 0.164 e. The van der Waals surface area contributed by atoms with Crippen molar-refractivity contribution >= 4 is 53.3 Å². The lowest BCUT2D eigenvalue weighted by Crippen LogP contribution is -2.02. The standard InChI is InChI=1S/C57H36N4S/c1-4-16-37(17-5-1)40-22-14-24-42(32-40)55-58-56(43-25-15-23-41(33-43)38-18-6-2-7-19-38)60-57(59-55)45-34-44(39-20-8-3-9-21-39)35-46(36-45)61-49-28-12-10-26-47(49)53-50(61)30-31-52-54(53)48-27-11-13-29-51(48)62-52/h1-36H. The molecule has 0 saturated carbocycles. The lowest BCUT2D eigenvalue weighted by Gasteiger charge is -2.15. The molecule has 3 aromatic heterocycles. The number of para-hydroxylation sites is 1. The van der Waals surface area contributed by atoms with E-state index in [0.29, 0.717) is 17.5 Å². The second-order valence-corrected chi connectivity index (χ2v) is 16.7. The summed E-state index contributed by atoms with van der Waals surface area (Å²) < 4.78 is 5.01. The highest BCUT2D eigenvalue weighted by molar-refractivity contribution is 7.26. The van der Waals surface area contributed by atoms with Crippen LogP contribution in [-0.4, -0.2) is 19.5 Å². The fourth-order valence-electron chi connectivity index (χ4n) is 8.92. The molecule has 0 aliphatic heterocycles. The van der Waals surface area contributed by atoms with Crippen molar-refractivity contribution in [2.75, 3.05) is 0 Å². The highest BCUT2D eigenvalue weighted by atomic mass is 32.1. The number of thiophene rings is 1. The minimum atomic E-state index is 0.603. The third-order valence-corrected chi connectivity index (χ3v) is 12.9. The van der Waals surface area contributed by atoms with Gasteiger partial charge in [0.1, 0.15) is 0 Å². The Kier molecular flexibility index (Phi) is 8.65. The van der Waals surface area contributed by atoms with Gasteiger partial charge in [-0.05, 0) is 88.0 Å². The van der Waals surface area contributed by atoms with Crippen LogP contribution >= 0.6 is 11.3 Å². The van der Waals surface area contributed by atoms with Gasteiger partial charge < -0.3 is 4.57 Å². The predicted molar refractivity (Wildman–Crippen MR) is 260 cm³/mol. The number of rotatable bonds is 7. The Balaban J connectivity index is 1.11. The van der Waals surface area contributed by atoms with Crippen molar-refractivity contribution in [2.45, 2.75) is 0 Å². The number of hydrogen-bond acceptors (Lipinski definition) is 4. The summed E-state index contributed by atoms with van der Waals surface area (Å²) in [5.74, 6) is 1.83. The van der Waals surface area contributed by atoms with Crippen molar-refractivity contribution < 1.29 is 0 Å². The molecule has 0 amide bonds. The maximum atomic E-state index is 5.33. The van der Waals surface area contributed by atoms with Crippen molar-refractivity contribution in [1.82, 2.24) is 19.5 Å². The molecule has 12 rings (SSSR count). The summed E-state index contributed by atoms with van der Waals surface area (Å²) in [6, 6.07) is 77.4. The summed E-state index contributed by atoms with van der Waals surface area (Å²) in [5.41, 5.74) is 12.8. The van der Waals surface area contributed by atoms with Crippen LogP contribution in [0.4, 0.5) is 0 Å². The fraction of sp³-hybridized carbons (Fsp3) is 0.